The first-order chi connectivity index (χ1) is 9.25. The number of hydrogen-bond donors (Lipinski definition) is 2. The Labute approximate surface area is 107 Å². The summed E-state index contributed by atoms with van der Waals surface area (Å²) < 4.78 is 5.02. The molecule has 0 saturated carbocycles. The van der Waals surface area contributed by atoms with Gasteiger partial charge in [0.15, 0.2) is 0 Å². The maximum absolute atomic E-state index is 11.4. The minimum Gasteiger partial charge on any atom is -0.367 e. The maximum Gasteiger partial charge on any atom is 0.248 e. The van der Waals surface area contributed by atoms with Crippen LogP contribution < -0.4 is 11.3 Å². The van der Waals surface area contributed by atoms with E-state index in [-0.39, 0.29) is 11.4 Å². The van der Waals surface area contributed by atoms with E-state index in [1.54, 1.807) is 30.6 Å². The van der Waals surface area contributed by atoms with Crippen molar-refractivity contribution in [1.29, 1.82) is 0 Å². The third kappa shape index (κ3) is 1.99. The lowest BCUT2D eigenvalue weighted by Gasteiger charge is -2.01. The summed E-state index contributed by atoms with van der Waals surface area (Å²) in [6.45, 7) is 0. The Kier molecular flexibility index (Phi) is 2.60. The summed E-state index contributed by atoms with van der Waals surface area (Å²) in [4.78, 5) is 18.1. The quantitative estimate of drug-likeness (QED) is 0.725. The zero-order chi connectivity index (χ0) is 13.2. The molecule has 0 atom stereocenters. The minimum atomic E-state index is -0.217. The number of aromatic amines is 1. The molecule has 3 heterocycles. The molecule has 0 radical (unpaired) electrons. The monoisotopic (exact) mass is 254 g/mol. The van der Waals surface area contributed by atoms with Crippen molar-refractivity contribution in [3.63, 3.8) is 0 Å². The number of nitrogen functional groups attached to an aromatic ring is 1. The van der Waals surface area contributed by atoms with Gasteiger partial charge < -0.3 is 15.2 Å². The molecule has 0 saturated heterocycles. The number of H-pyrrole nitrogens is 1. The molecule has 6 heteroatoms. The van der Waals surface area contributed by atoms with Crippen LogP contribution in [-0.4, -0.2) is 15.1 Å². The third-order valence-corrected chi connectivity index (χ3v) is 2.69. The second kappa shape index (κ2) is 4.41. The van der Waals surface area contributed by atoms with E-state index in [4.69, 9.17) is 10.3 Å². The Hall–Kier alpha value is -2.89. The van der Waals surface area contributed by atoms with Crippen LogP contribution in [-0.2, 0) is 0 Å². The standard InChI is InChI=1S/C13H10N4O2/c14-13-11(9-3-1-2-5-15-9)12(17-19-13)8-4-6-16-10(18)7-8/h1-7H,14H2,(H,16,18). The number of rotatable bonds is 2. The maximum atomic E-state index is 11.4. The Bertz CT molecular complexity index is 762. The summed E-state index contributed by atoms with van der Waals surface area (Å²) in [6, 6.07) is 8.62. The fourth-order valence-corrected chi connectivity index (χ4v) is 1.85. The Morgan fingerprint density at radius 1 is 1.26 bits per heavy atom. The molecule has 0 aliphatic rings. The molecule has 6 nitrogen and oxygen atoms in total. The first-order valence-electron chi connectivity index (χ1n) is 5.61. The predicted octanol–water partition coefficient (Wildman–Crippen LogP) is 1.67. The van der Waals surface area contributed by atoms with Gasteiger partial charge >= 0.3 is 0 Å². The molecule has 3 rings (SSSR count). The summed E-state index contributed by atoms with van der Waals surface area (Å²) >= 11 is 0. The molecule has 0 aliphatic heterocycles. The van der Waals surface area contributed by atoms with Crippen molar-refractivity contribution in [1.82, 2.24) is 15.1 Å². The van der Waals surface area contributed by atoms with E-state index in [1.165, 1.54) is 6.07 Å². The van der Waals surface area contributed by atoms with Crippen LogP contribution in [0.3, 0.4) is 0 Å². The van der Waals surface area contributed by atoms with Crippen LogP contribution in [0.15, 0.2) is 52.0 Å². The summed E-state index contributed by atoms with van der Waals surface area (Å²) in [5, 5.41) is 3.91. The molecular weight excluding hydrogens is 244 g/mol. The molecule has 94 valence electrons. The predicted molar refractivity (Wildman–Crippen MR) is 70.2 cm³/mol. The molecule has 0 aliphatic carbocycles. The number of nitrogens with zero attached hydrogens (tertiary/aromatic N) is 2. The van der Waals surface area contributed by atoms with E-state index >= 15 is 0 Å². The molecule has 3 N–H and O–H groups in total. The van der Waals surface area contributed by atoms with Crippen molar-refractivity contribution >= 4 is 5.88 Å². The van der Waals surface area contributed by atoms with Gasteiger partial charge in [0.2, 0.25) is 11.4 Å². The first kappa shape index (κ1) is 11.2. The summed E-state index contributed by atoms with van der Waals surface area (Å²) in [7, 11) is 0. The number of nitrogens with one attached hydrogen (secondary N) is 1. The Balaban J connectivity index is 2.22. The lowest BCUT2D eigenvalue weighted by atomic mass is 10.1. The van der Waals surface area contributed by atoms with Gasteiger partial charge in [0.25, 0.3) is 0 Å². The van der Waals surface area contributed by atoms with E-state index < -0.39 is 0 Å². The van der Waals surface area contributed by atoms with Gasteiger partial charge in [-0.15, -0.1) is 0 Å². The molecular formula is C13H10N4O2. The van der Waals surface area contributed by atoms with Crippen LogP contribution in [0.1, 0.15) is 0 Å². The molecule has 0 unspecified atom stereocenters. The molecule has 0 aromatic carbocycles. The number of anilines is 1. The van der Waals surface area contributed by atoms with Crippen molar-refractivity contribution in [2.24, 2.45) is 0 Å². The van der Waals surface area contributed by atoms with E-state index in [0.29, 0.717) is 22.5 Å². The van der Waals surface area contributed by atoms with Gasteiger partial charge in [-0.2, -0.15) is 0 Å². The number of aromatic nitrogens is 3. The molecule has 0 amide bonds. The van der Waals surface area contributed by atoms with Gasteiger partial charge in [0, 0.05) is 24.0 Å². The molecule has 19 heavy (non-hydrogen) atoms. The lowest BCUT2D eigenvalue weighted by Crippen LogP contribution is -2.02. The van der Waals surface area contributed by atoms with Gasteiger partial charge in [-0.1, -0.05) is 11.2 Å². The van der Waals surface area contributed by atoms with Crippen molar-refractivity contribution in [2.75, 3.05) is 5.73 Å². The highest BCUT2D eigenvalue weighted by Gasteiger charge is 2.18. The first-order valence-corrected chi connectivity index (χ1v) is 5.61. The normalized spacial score (nSPS) is 10.5. The van der Waals surface area contributed by atoms with Crippen LogP contribution in [0.2, 0.25) is 0 Å². The van der Waals surface area contributed by atoms with Crippen LogP contribution in [0.5, 0.6) is 0 Å². The average Bonchev–Trinajstić information content (AvgIpc) is 2.82. The number of pyridine rings is 2. The fraction of sp³-hybridized carbons (Fsp3) is 0. The van der Waals surface area contributed by atoms with Gasteiger partial charge in [0.05, 0.1) is 11.3 Å². The van der Waals surface area contributed by atoms with E-state index in [0.717, 1.165) is 0 Å². The van der Waals surface area contributed by atoms with Crippen LogP contribution in [0.25, 0.3) is 22.5 Å². The number of hydrogen-bond acceptors (Lipinski definition) is 5. The third-order valence-electron chi connectivity index (χ3n) is 2.69. The molecule has 0 spiro atoms. The average molecular weight is 254 g/mol. The van der Waals surface area contributed by atoms with Crippen LogP contribution >= 0.6 is 0 Å². The highest BCUT2D eigenvalue weighted by molar-refractivity contribution is 5.84. The van der Waals surface area contributed by atoms with E-state index in [9.17, 15) is 4.79 Å². The molecule has 0 bridgehead atoms. The van der Waals surface area contributed by atoms with Gasteiger partial charge in [0.1, 0.15) is 5.69 Å². The van der Waals surface area contributed by atoms with Crippen molar-refractivity contribution < 1.29 is 4.52 Å². The second-order valence-corrected chi connectivity index (χ2v) is 3.93. The minimum absolute atomic E-state index is 0.175. The molecule has 0 fully saturated rings. The largest absolute Gasteiger partial charge is 0.367 e. The fourth-order valence-electron chi connectivity index (χ4n) is 1.85. The zero-order valence-electron chi connectivity index (χ0n) is 9.83. The van der Waals surface area contributed by atoms with Crippen molar-refractivity contribution in [3.8, 4) is 22.5 Å². The Morgan fingerprint density at radius 3 is 2.89 bits per heavy atom. The van der Waals surface area contributed by atoms with Crippen LogP contribution in [0.4, 0.5) is 5.88 Å². The highest BCUT2D eigenvalue weighted by atomic mass is 16.5. The van der Waals surface area contributed by atoms with Gasteiger partial charge in [-0.25, -0.2) is 0 Å². The van der Waals surface area contributed by atoms with Crippen molar-refractivity contribution in [2.45, 2.75) is 0 Å². The highest BCUT2D eigenvalue weighted by Crippen LogP contribution is 2.34. The van der Waals surface area contributed by atoms with Crippen LogP contribution in [0, 0.1) is 0 Å². The second-order valence-electron chi connectivity index (χ2n) is 3.93. The topological polar surface area (TPSA) is 97.8 Å². The lowest BCUT2D eigenvalue weighted by molar-refractivity contribution is 0.439. The van der Waals surface area contributed by atoms with E-state index in [2.05, 4.69) is 15.1 Å². The summed E-state index contributed by atoms with van der Waals surface area (Å²) in [5.41, 5.74) is 7.95. The van der Waals surface area contributed by atoms with Crippen molar-refractivity contribution in [3.05, 3.63) is 53.1 Å². The van der Waals surface area contributed by atoms with Gasteiger partial charge in [-0.05, 0) is 18.2 Å². The zero-order valence-corrected chi connectivity index (χ0v) is 9.83. The summed E-state index contributed by atoms with van der Waals surface area (Å²) in [5.74, 6) is 0.175. The van der Waals surface area contributed by atoms with E-state index in [1.807, 2.05) is 6.07 Å². The molecule has 3 aromatic heterocycles. The summed E-state index contributed by atoms with van der Waals surface area (Å²) in [6.07, 6.45) is 3.20. The Morgan fingerprint density at radius 2 is 2.16 bits per heavy atom. The number of nitrogens with two attached hydrogens (primary N) is 1. The SMILES string of the molecule is Nc1onc(-c2cc[nH]c(=O)c2)c1-c1ccccn1. The van der Waals surface area contributed by atoms with Gasteiger partial charge in [-0.3, -0.25) is 9.78 Å². The molecule has 3 aromatic rings. The smallest absolute Gasteiger partial charge is 0.248 e.